The predicted molar refractivity (Wildman–Crippen MR) is 434 cm³/mol. The summed E-state index contributed by atoms with van der Waals surface area (Å²) in [6.07, 6.45) is 11.1. The van der Waals surface area contributed by atoms with Crippen LogP contribution in [0.2, 0.25) is 0 Å². The Bertz CT molecular complexity index is 3340. The quantitative estimate of drug-likeness (QED) is 0.00951. The zero-order valence-corrected chi connectivity index (χ0v) is 73.9. The minimum Gasteiger partial charge on any atom is -0.748 e. The van der Waals surface area contributed by atoms with Gasteiger partial charge in [-0.3, -0.25) is 52.6 Å². The smallest absolute Gasteiger partial charge is 0.332 e. The fourth-order valence-electron chi connectivity index (χ4n) is 9.03. The van der Waals surface area contributed by atoms with E-state index in [9.17, 15) is 83.2 Å². The van der Waals surface area contributed by atoms with Gasteiger partial charge in [-0.1, -0.05) is 135 Å². The highest BCUT2D eigenvalue weighted by Gasteiger charge is 2.29. The van der Waals surface area contributed by atoms with E-state index < -0.39 is 91.9 Å². The summed E-state index contributed by atoms with van der Waals surface area (Å²) in [7, 11) is -3.65. The molecule has 11 N–H and O–H groups in total. The Labute approximate surface area is 673 Å². The van der Waals surface area contributed by atoms with E-state index in [2.05, 4.69) is 63.3 Å². The van der Waals surface area contributed by atoms with Crippen LogP contribution in [0.3, 0.4) is 0 Å². The number of hydrogen-bond donors (Lipinski definition) is 11. The number of amides is 4. The Morgan fingerprint density at radius 3 is 1.06 bits per heavy atom. The molecule has 0 aliphatic carbocycles. The van der Waals surface area contributed by atoms with Crippen molar-refractivity contribution in [3.8, 4) is 0 Å². The lowest BCUT2D eigenvalue weighted by molar-refractivity contribution is -0.890. The highest BCUT2D eigenvalue weighted by molar-refractivity contribution is 7.85. The predicted octanol–water partition coefficient (Wildman–Crippen LogP) is 9.09. The first kappa shape index (κ1) is 115. The number of ketones is 2. The summed E-state index contributed by atoms with van der Waals surface area (Å²) in [5.41, 5.74) is -0.273. The molecule has 0 radical (unpaired) electrons. The van der Waals surface area contributed by atoms with E-state index in [1.54, 1.807) is 13.8 Å². The molecule has 35 heteroatoms. The summed E-state index contributed by atoms with van der Waals surface area (Å²) in [4.78, 5) is 142. The number of carboxylic acids is 5. The zero-order valence-electron chi connectivity index (χ0n) is 71.4. The Balaban J connectivity index is -0.000000420. The SMILES string of the molecule is CCC(C)(C)C(=O)NCCCC(=O)/C=C(/C)C(=O)O.CCC(C)(C)C(=O)NCCCC(=O)/C=C(/CC(=O)O)C(=O)O.CCC(C)(C)C(=O)NCCC[N+](C)(C)CCCCS(=O)(=O)[O-].CCC(C)(C)C(=O)NCCC[N+](C)(C)CCCCS(=O)(=O)[O-].CCC(C)P(=O)(O)O.CCC(C)c1ccc(CN(CC(=O)O)CC(=O)O)cc1. The van der Waals surface area contributed by atoms with E-state index in [4.69, 9.17) is 35.3 Å². The summed E-state index contributed by atoms with van der Waals surface area (Å²) >= 11 is 0. The van der Waals surface area contributed by atoms with E-state index >= 15 is 0 Å². The third-order valence-electron chi connectivity index (χ3n) is 19.1. The first-order valence-electron chi connectivity index (χ1n) is 38.6. The molecule has 0 heterocycles. The molecule has 1 aromatic rings. The Morgan fingerprint density at radius 2 is 0.805 bits per heavy atom. The molecule has 0 spiro atoms. The van der Waals surface area contributed by atoms with Gasteiger partial charge in [-0.2, -0.15) is 0 Å². The molecule has 32 nitrogen and oxygen atoms in total. The largest absolute Gasteiger partial charge is 0.748 e. The van der Waals surface area contributed by atoms with Crippen molar-refractivity contribution in [2.24, 2.45) is 21.7 Å². The number of nitrogens with zero attached hydrogens (tertiary/aromatic N) is 3. The van der Waals surface area contributed by atoms with E-state index in [1.165, 1.54) is 17.4 Å². The second-order valence-electron chi connectivity index (χ2n) is 32.0. The molecule has 113 heavy (non-hydrogen) atoms. The lowest BCUT2D eigenvalue weighted by Crippen LogP contribution is -2.43. The van der Waals surface area contributed by atoms with Crippen molar-refractivity contribution in [1.29, 1.82) is 0 Å². The number of nitrogens with one attached hydrogen (secondary N) is 4. The second-order valence-corrected chi connectivity index (χ2v) is 37.1. The second kappa shape index (κ2) is 57.2. The van der Waals surface area contributed by atoms with Crippen molar-refractivity contribution in [2.75, 3.05) is 105 Å². The summed E-state index contributed by atoms with van der Waals surface area (Å²) < 4.78 is 75.0. The number of hydrogen-bond acceptors (Lipinski definition) is 19. The summed E-state index contributed by atoms with van der Waals surface area (Å²) in [6, 6.07) is 7.89. The Morgan fingerprint density at radius 1 is 0.487 bits per heavy atom. The van der Waals surface area contributed by atoms with Crippen LogP contribution in [0.1, 0.15) is 244 Å². The standard InChI is InChI=1S/2C15H32N2O4S.C15H23NO6.C15H21NO4.C14H23NO4.C4H11O3P/c2*1-6-15(2,3)14(18)16-10-9-12-17(4,5)11-7-8-13-22(19,20)21;1-4-15(2,3)14(22)16-7-5-6-11(17)8-10(13(20)21)9-12(18)19;1-3-11(2)13-6-4-12(5-7-13)8-16(9-14(17)18)10-15(19)20;1-5-14(3,4)13(19)15-8-6-7-11(16)9-10(2)12(17)18;1-3-4(2)8(5,6)7/h2*6-13H2,1-5H3,(H-,16,18,19,20,21);8H,4-7,9H2,1-3H3,(H,16,22)(H,18,19)(H,20,21);4-7,11H,3,8-10H2,1-2H3,(H,17,18)(H,19,20);9H,5-8H2,1-4H3,(H,15,19)(H,17,18);4H,3H2,1-2H3,(H2,5,6,7)/b;;10-8-;;10-9-;. The molecule has 0 aliphatic heterocycles. The highest BCUT2D eigenvalue weighted by Crippen LogP contribution is 2.42. The minimum atomic E-state index is -4.09. The number of quaternary nitrogens is 2. The maximum Gasteiger partial charge on any atom is 0.332 e. The van der Waals surface area contributed by atoms with Gasteiger partial charge in [0, 0.05) is 97.1 Å². The van der Waals surface area contributed by atoms with Gasteiger partial charge < -0.3 is 74.7 Å². The van der Waals surface area contributed by atoms with E-state index in [1.807, 2.05) is 107 Å². The molecule has 1 aromatic carbocycles. The van der Waals surface area contributed by atoms with Gasteiger partial charge in [0.2, 0.25) is 23.6 Å². The third kappa shape index (κ3) is 63.1. The molecular weight excluding hydrogens is 1530 g/mol. The molecule has 4 amide bonds. The molecular formula is C78H142N7O25PS2. The van der Waals surface area contributed by atoms with Gasteiger partial charge in [0.1, 0.15) is 0 Å². The van der Waals surface area contributed by atoms with Crippen LogP contribution in [0.15, 0.2) is 47.6 Å². The molecule has 0 saturated heterocycles. The number of benzene rings is 1. The number of allylic oxidation sites excluding steroid dienone is 2. The molecule has 2 atom stereocenters. The fraction of sp³-hybridized carbons (Fsp3) is 0.731. The maximum absolute atomic E-state index is 11.9. The Hall–Kier alpha value is -6.88. The van der Waals surface area contributed by atoms with Gasteiger partial charge in [-0.25, -0.2) is 26.4 Å². The third-order valence-corrected chi connectivity index (χ3v) is 22.2. The molecule has 1 rings (SSSR count). The van der Waals surface area contributed by atoms with E-state index in [0.717, 1.165) is 91.4 Å². The number of carboxylic acid groups (broad SMARTS) is 5. The summed E-state index contributed by atoms with van der Waals surface area (Å²) in [6.45, 7) is 37.2. The molecule has 0 bridgehead atoms. The molecule has 0 aliphatic rings. The van der Waals surface area contributed by atoms with Gasteiger partial charge >= 0.3 is 37.4 Å². The first-order chi connectivity index (χ1) is 51.5. The number of rotatable bonds is 50. The fourth-order valence-corrected chi connectivity index (χ4v) is 10.6. The van der Waals surface area contributed by atoms with Crippen molar-refractivity contribution in [3.63, 3.8) is 0 Å². The van der Waals surface area contributed by atoms with Gasteiger partial charge in [0.05, 0.1) is 105 Å². The number of carbonyl (C=O) groups is 11. The molecule has 2 unspecified atom stereocenters. The summed E-state index contributed by atoms with van der Waals surface area (Å²) in [5.74, 6) is -6.62. The average molecular weight is 1670 g/mol. The average Bonchev–Trinajstić information content (AvgIpc) is 0.893. The van der Waals surface area contributed by atoms with Crippen LogP contribution in [-0.2, 0) is 84.1 Å². The van der Waals surface area contributed by atoms with Crippen LogP contribution in [0.4, 0.5) is 0 Å². The lowest BCUT2D eigenvalue weighted by Gasteiger charge is -2.30. The van der Waals surface area contributed by atoms with E-state index in [-0.39, 0.29) is 83.3 Å². The number of unbranched alkanes of at least 4 members (excludes halogenated alkanes) is 2. The van der Waals surface area contributed by atoms with Crippen LogP contribution in [0, 0.1) is 21.7 Å². The highest BCUT2D eigenvalue weighted by atomic mass is 32.2. The van der Waals surface area contributed by atoms with Crippen molar-refractivity contribution in [2.45, 2.75) is 245 Å². The normalized spacial score (nSPS) is 12.8. The van der Waals surface area contributed by atoms with Gasteiger partial charge in [-0.05, 0) is 113 Å². The topological polar surface area (TPSA) is 512 Å². The lowest BCUT2D eigenvalue weighted by atomic mass is 9.89. The van der Waals surface area contributed by atoms with Crippen molar-refractivity contribution in [1.82, 2.24) is 26.2 Å². The minimum absolute atomic E-state index is 0.0280. The summed E-state index contributed by atoms with van der Waals surface area (Å²) in [5, 5.41) is 55.0. The van der Waals surface area contributed by atoms with Gasteiger partial charge in [0.15, 0.2) is 11.6 Å². The van der Waals surface area contributed by atoms with Crippen molar-refractivity contribution >= 4 is 92.9 Å². The molecule has 656 valence electrons. The van der Waals surface area contributed by atoms with Crippen molar-refractivity contribution < 1.29 is 128 Å². The van der Waals surface area contributed by atoms with E-state index in [0.29, 0.717) is 90.0 Å². The molecule has 0 fully saturated rings. The van der Waals surface area contributed by atoms with Crippen LogP contribution >= 0.6 is 7.60 Å². The van der Waals surface area contributed by atoms with Crippen LogP contribution in [0.5, 0.6) is 0 Å². The maximum atomic E-state index is 11.9. The van der Waals surface area contributed by atoms with Gasteiger partial charge in [0.25, 0.3) is 0 Å². The van der Waals surface area contributed by atoms with Gasteiger partial charge in [-0.15, -0.1) is 0 Å². The number of aliphatic carboxylic acids is 5. The Kier molecular flexibility index (Phi) is 58.1. The van der Waals surface area contributed by atoms with Crippen LogP contribution < -0.4 is 21.3 Å². The zero-order chi connectivity index (χ0) is 89.2. The monoisotopic (exact) mass is 1670 g/mol. The number of carbonyl (C=O) groups excluding carboxylic acids is 6. The first-order valence-corrected chi connectivity index (χ1v) is 43.4. The molecule has 0 saturated carbocycles. The van der Waals surface area contributed by atoms with Crippen molar-refractivity contribution in [3.05, 3.63) is 58.7 Å². The molecule has 0 aromatic heterocycles. The van der Waals surface area contributed by atoms with Crippen LogP contribution in [0.25, 0.3) is 0 Å². The van der Waals surface area contributed by atoms with Crippen LogP contribution in [-0.4, -0.2) is 251 Å².